The van der Waals surface area contributed by atoms with Crippen molar-refractivity contribution in [3.8, 4) is 5.75 Å². The Balaban J connectivity index is 2.29. The second kappa shape index (κ2) is 9.14. The van der Waals surface area contributed by atoms with Gasteiger partial charge in [-0.15, -0.1) is 0 Å². The van der Waals surface area contributed by atoms with Crippen LogP contribution in [-0.4, -0.2) is 11.3 Å². The summed E-state index contributed by atoms with van der Waals surface area (Å²) in [6.45, 7) is 4.37. The molecule has 0 fully saturated rings. The average molecular weight is 309 g/mol. The maximum atomic E-state index is 10.5. The Morgan fingerprint density at radius 2 is 1.65 bits per heavy atom. The van der Waals surface area contributed by atoms with Crippen LogP contribution in [0.15, 0.2) is 47.5 Å². The average Bonchev–Trinajstić information content (AvgIpc) is 2.59. The van der Waals surface area contributed by atoms with Crippen molar-refractivity contribution in [1.29, 1.82) is 0 Å². The number of hydrogen-bond donors (Lipinski definition) is 1. The van der Waals surface area contributed by atoms with E-state index in [9.17, 15) is 5.11 Å². The van der Waals surface area contributed by atoms with Gasteiger partial charge in [0.05, 0.1) is 0 Å². The standard InChI is InChI=1S/C21H27NO/c1-3-5-10-18-14-19(13-6-4-2)21(23)20(15-18)22-16-17-11-8-7-9-12-17/h7-9,11-12,14-16,23H,3-6,10,13H2,1-2H3. The molecule has 0 aliphatic heterocycles. The predicted octanol–water partition coefficient (Wildman–Crippen LogP) is 5.83. The fourth-order valence-electron chi connectivity index (χ4n) is 2.61. The minimum absolute atomic E-state index is 0.339. The first-order valence-electron chi connectivity index (χ1n) is 8.68. The molecule has 2 rings (SSSR count). The molecule has 0 atom stereocenters. The third-order valence-electron chi connectivity index (χ3n) is 4.00. The molecule has 1 N–H and O–H groups in total. The molecule has 2 aromatic rings. The minimum Gasteiger partial charge on any atom is -0.505 e. The topological polar surface area (TPSA) is 32.6 Å². The smallest absolute Gasteiger partial charge is 0.144 e. The van der Waals surface area contributed by atoms with E-state index in [-0.39, 0.29) is 0 Å². The summed E-state index contributed by atoms with van der Waals surface area (Å²) in [6, 6.07) is 14.2. The molecule has 2 nitrogen and oxygen atoms in total. The molecule has 2 heteroatoms. The highest BCUT2D eigenvalue weighted by atomic mass is 16.3. The van der Waals surface area contributed by atoms with Gasteiger partial charge in [-0.2, -0.15) is 0 Å². The van der Waals surface area contributed by atoms with Crippen molar-refractivity contribution >= 4 is 11.9 Å². The number of benzene rings is 2. The molecule has 0 aliphatic rings. The summed E-state index contributed by atoms with van der Waals surface area (Å²) in [4.78, 5) is 4.54. The van der Waals surface area contributed by atoms with Crippen LogP contribution in [0.25, 0.3) is 0 Å². The van der Waals surface area contributed by atoms with E-state index in [1.807, 2.05) is 42.6 Å². The van der Waals surface area contributed by atoms with Gasteiger partial charge in [0.25, 0.3) is 0 Å². The zero-order valence-corrected chi connectivity index (χ0v) is 14.3. The van der Waals surface area contributed by atoms with Crippen LogP contribution in [0.5, 0.6) is 5.75 Å². The van der Waals surface area contributed by atoms with Gasteiger partial charge in [0.1, 0.15) is 11.4 Å². The van der Waals surface area contributed by atoms with Crippen LogP contribution in [0.4, 0.5) is 5.69 Å². The molecule has 0 radical (unpaired) electrons. The quantitative estimate of drug-likeness (QED) is 0.611. The van der Waals surface area contributed by atoms with E-state index in [2.05, 4.69) is 24.9 Å². The first-order valence-corrected chi connectivity index (χ1v) is 8.68. The lowest BCUT2D eigenvalue weighted by atomic mass is 10.00. The van der Waals surface area contributed by atoms with E-state index in [0.717, 1.165) is 36.8 Å². The largest absolute Gasteiger partial charge is 0.505 e. The van der Waals surface area contributed by atoms with Gasteiger partial charge in [0.2, 0.25) is 0 Å². The third kappa shape index (κ3) is 5.24. The number of unbranched alkanes of at least 4 members (excludes halogenated alkanes) is 2. The number of aryl methyl sites for hydroxylation is 2. The van der Waals surface area contributed by atoms with E-state index in [0.29, 0.717) is 11.4 Å². The molecule has 23 heavy (non-hydrogen) atoms. The molecule has 0 spiro atoms. The van der Waals surface area contributed by atoms with E-state index in [4.69, 9.17) is 0 Å². The van der Waals surface area contributed by atoms with Gasteiger partial charge < -0.3 is 5.11 Å². The van der Waals surface area contributed by atoms with E-state index < -0.39 is 0 Å². The van der Waals surface area contributed by atoms with Gasteiger partial charge in [-0.05, 0) is 48.4 Å². The highest BCUT2D eigenvalue weighted by Gasteiger charge is 2.09. The third-order valence-corrected chi connectivity index (χ3v) is 4.00. The van der Waals surface area contributed by atoms with Crippen LogP contribution in [0.1, 0.15) is 56.2 Å². The van der Waals surface area contributed by atoms with Crippen molar-refractivity contribution in [2.24, 2.45) is 4.99 Å². The molecular formula is C21H27NO. The molecule has 0 heterocycles. The molecule has 0 unspecified atom stereocenters. The molecule has 2 aromatic carbocycles. The van der Waals surface area contributed by atoms with Crippen LogP contribution in [0, 0.1) is 0 Å². The molecule has 122 valence electrons. The molecule has 0 aromatic heterocycles. The van der Waals surface area contributed by atoms with E-state index >= 15 is 0 Å². The van der Waals surface area contributed by atoms with Crippen molar-refractivity contribution in [1.82, 2.24) is 0 Å². The summed E-state index contributed by atoms with van der Waals surface area (Å²) >= 11 is 0. The van der Waals surface area contributed by atoms with Crippen LogP contribution in [0.2, 0.25) is 0 Å². The Morgan fingerprint density at radius 1 is 0.957 bits per heavy atom. The molecule has 0 amide bonds. The second-order valence-electron chi connectivity index (χ2n) is 6.00. The summed E-state index contributed by atoms with van der Waals surface area (Å²) in [5, 5.41) is 10.5. The Morgan fingerprint density at radius 3 is 2.35 bits per heavy atom. The number of hydrogen-bond acceptors (Lipinski definition) is 2. The van der Waals surface area contributed by atoms with Crippen molar-refractivity contribution < 1.29 is 5.11 Å². The summed E-state index contributed by atoms with van der Waals surface area (Å²) in [6.07, 6.45) is 8.34. The van der Waals surface area contributed by atoms with E-state index in [1.54, 1.807) is 0 Å². The minimum atomic E-state index is 0.339. The summed E-state index contributed by atoms with van der Waals surface area (Å²) in [7, 11) is 0. The zero-order chi connectivity index (χ0) is 16.5. The van der Waals surface area contributed by atoms with Crippen molar-refractivity contribution in [2.75, 3.05) is 0 Å². The number of nitrogens with zero attached hydrogens (tertiary/aromatic N) is 1. The first-order chi connectivity index (χ1) is 11.2. The number of phenolic OH excluding ortho intramolecular Hbond substituents is 1. The molecule has 0 aliphatic carbocycles. The van der Waals surface area contributed by atoms with Crippen LogP contribution >= 0.6 is 0 Å². The number of aromatic hydroxyl groups is 1. The van der Waals surface area contributed by atoms with Gasteiger partial charge in [0.15, 0.2) is 0 Å². The van der Waals surface area contributed by atoms with Crippen molar-refractivity contribution in [3.63, 3.8) is 0 Å². The predicted molar refractivity (Wildman–Crippen MR) is 99.0 cm³/mol. The monoisotopic (exact) mass is 309 g/mol. The van der Waals surface area contributed by atoms with Gasteiger partial charge in [-0.25, -0.2) is 0 Å². The second-order valence-corrected chi connectivity index (χ2v) is 6.00. The molecular weight excluding hydrogens is 282 g/mol. The Labute approximate surface area is 139 Å². The summed E-state index contributed by atoms with van der Waals surface area (Å²) < 4.78 is 0. The van der Waals surface area contributed by atoms with E-state index in [1.165, 1.54) is 18.4 Å². The first kappa shape index (κ1) is 17.3. The van der Waals surface area contributed by atoms with Crippen LogP contribution in [0.3, 0.4) is 0 Å². The lowest BCUT2D eigenvalue weighted by Crippen LogP contribution is -1.92. The fraction of sp³-hybridized carbons (Fsp3) is 0.381. The summed E-state index contributed by atoms with van der Waals surface area (Å²) in [5.74, 6) is 0.339. The molecule has 0 saturated heterocycles. The Bertz CT molecular complexity index is 632. The lowest BCUT2D eigenvalue weighted by molar-refractivity contribution is 0.468. The van der Waals surface area contributed by atoms with Crippen molar-refractivity contribution in [2.45, 2.75) is 52.4 Å². The molecule has 0 saturated carbocycles. The van der Waals surface area contributed by atoms with Crippen molar-refractivity contribution in [3.05, 3.63) is 59.2 Å². The number of phenols is 1. The highest BCUT2D eigenvalue weighted by molar-refractivity contribution is 5.82. The van der Waals surface area contributed by atoms with Crippen LogP contribution < -0.4 is 0 Å². The van der Waals surface area contributed by atoms with Gasteiger partial charge in [-0.3, -0.25) is 4.99 Å². The highest BCUT2D eigenvalue weighted by Crippen LogP contribution is 2.33. The SMILES string of the molecule is CCCCc1cc(CCCC)c(O)c(N=Cc2ccccc2)c1. The molecule has 0 bridgehead atoms. The maximum absolute atomic E-state index is 10.5. The number of aliphatic imine (C=N–C) groups is 1. The fourth-order valence-corrected chi connectivity index (χ4v) is 2.61. The zero-order valence-electron chi connectivity index (χ0n) is 14.3. The normalized spacial score (nSPS) is 11.2. The Kier molecular flexibility index (Phi) is 6.86. The Hall–Kier alpha value is -2.09. The summed E-state index contributed by atoms with van der Waals surface area (Å²) in [5.41, 5.74) is 4.03. The maximum Gasteiger partial charge on any atom is 0.144 e. The van der Waals surface area contributed by atoms with Crippen LogP contribution in [-0.2, 0) is 12.8 Å². The van der Waals surface area contributed by atoms with Gasteiger partial charge >= 0.3 is 0 Å². The van der Waals surface area contributed by atoms with Gasteiger partial charge in [0, 0.05) is 6.21 Å². The lowest BCUT2D eigenvalue weighted by Gasteiger charge is -2.10. The number of rotatable bonds is 8. The van der Waals surface area contributed by atoms with Gasteiger partial charge in [-0.1, -0.05) is 63.1 Å².